The van der Waals surface area contributed by atoms with Gasteiger partial charge in [0.15, 0.2) is 6.10 Å². The Morgan fingerprint density at radius 3 is 1.59 bits per heavy atom. The molecule has 3 saturated carbocycles. The van der Waals surface area contributed by atoms with Gasteiger partial charge in [-0.2, -0.15) is 0 Å². The summed E-state index contributed by atoms with van der Waals surface area (Å²) in [6.07, 6.45) is 14.8. The second kappa shape index (κ2) is 22.5. The number of ether oxygens (including phenoxy) is 4. The first-order valence-corrected chi connectivity index (χ1v) is 26.8. The third-order valence-corrected chi connectivity index (χ3v) is 17.8. The fraction of sp³-hybridized carbons (Fsp3) is 0.409. The predicted molar refractivity (Wildman–Crippen MR) is 295 cm³/mol. The molecule has 0 heterocycles. The van der Waals surface area contributed by atoms with E-state index in [1.807, 2.05) is 121 Å². The maximum Gasteiger partial charge on any atom is 0.331 e. The van der Waals surface area contributed by atoms with Crippen molar-refractivity contribution in [3.63, 3.8) is 0 Å². The molecule has 9 nitrogen and oxygen atoms in total. The summed E-state index contributed by atoms with van der Waals surface area (Å²) in [6.45, 7) is 16.9. The van der Waals surface area contributed by atoms with E-state index in [2.05, 4.69) is 41.5 Å². The Bertz CT molecular complexity index is 2860. The monoisotopic (exact) mass is 1010 g/mol. The molecular weight excluding hydrogens is 937 g/mol. The smallest absolute Gasteiger partial charge is 0.331 e. The van der Waals surface area contributed by atoms with Crippen molar-refractivity contribution in [2.75, 3.05) is 0 Å². The summed E-state index contributed by atoms with van der Waals surface area (Å²) in [4.78, 5) is 69.7. The summed E-state index contributed by atoms with van der Waals surface area (Å²) in [7, 11) is 0. The van der Waals surface area contributed by atoms with Crippen molar-refractivity contribution in [1.29, 1.82) is 0 Å². The van der Waals surface area contributed by atoms with Gasteiger partial charge in [0.1, 0.15) is 23.6 Å². The summed E-state index contributed by atoms with van der Waals surface area (Å²) < 4.78 is 25.8. The lowest BCUT2D eigenvalue weighted by atomic mass is 9.36. The fourth-order valence-corrected chi connectivity index (χ4v) is 13.9. The number of fused-ring (bicyclic) bond motifs is 5. The van der Waals surface area contributed by atoms with Crippen LogP contribution in [0.5, 0.6) is 0 Å². The second-order valence-electron chi connectivity index (χ2n) is 23.1. The minimum Gasteiger partial charge on any atom is -0.459 e. The van der Waals surface area contributed by atoms with Crippen molar-refractivity contribution in [2.45, 2.75) is 131 Å². The molecule has 8 rings (SSSR count). The zero-order chi connectivity index (χ0) is 53.6. The van der Waals surface area contributed by atoms with Crippen molar-refractivity contribution < 1.29 is 42.9 Å². The van der Waals surface area contributed by atoms with Gasteiger partial charge in [-0.15, -0.1) is 0 Å². The van der Waals surface area contributed by atoms with Gasteiger partial charge < -0.3 is 18.9 Å². The van der Waals surface area contributed by atoms with Gasteiger partial charge in [-0.1, -0.05) is 174 Å². The zero-order valence-electron chi connectivity index (χ0n) is 45.0. The molecule has 0 unspecified atom stereocenters. The maximum absolute atomic E-state index is 14.1. The summed E-state index contributed by atoms with van der Waals surface area (Å²) in [6, 6.07) is 37.8. The van der Waals surface area contributed by atoms with Crippen molar-refractivity contribution in [3.05, 3.63) is 179 Å². The fourth-order valence-electron chi connectivity index (χ4n) is 13.9. The van der Waals surface area contributed by atoms with Gasteiger partial charge in [0.2, 0.25) is 0 Å². The molecule has 4 aromatic rings. The molecule has 75 heavy (non-hydrogen) atoms. The van der Waals surface area contributed by atoms with Crippen LogP contribution in [0.1, 0.15) is 129 Å². The van der Waals surface area contributed by atoms with Crippen LogP contribution in [0, 0.1) is 39.4 Å². The maximum atomic E-state index is 14.1. The van der Waals surface area contributed by atoms with Crippen LogP contribution in [0.15, 0.2) is 157 Å². The SMILES string of the molecule is C[C@H](C[C@H](OC(=O)/C=C/c1ccccc1)[C@@H](OC(=O)/C=C/c1ccccc1)C(C)(C)OC(=O)/C=C/c1ccccc1)C1=C2C[C@H](OC(=O)/C=C/c3ccccc3)[C@H]3[C@@]4(C)CCC(=O)C(C)(C)[C@@H]4CC[C@]3(C)[C@@]2(C)CC1. The Morgan fingerprint density at radius 2 is 1.08 bits per heavy atom. The molecule has 0 aromatic heterocycles. The topological polar surface area (TPSA) is 122 Å². The summed E-state index contributed by atoms with van der Waals surface area (Å²) in [5.41, 5.74) is 2.81. The van der Waals surface area contributed by atoms with Crippen molar-refractivity contribution in [3.8, 4) is 0 Å². The van der Waals surface area contributed by atoms with Crippen LogP contribution in [-0.4, -0.2) is 53.6 Å². The normalized spacial score (nSPS) is 26.6. The number of Topliss-reactive ketones (excluding diaryl/α,β-unsaturated/α-hetero) is 1. The van der Waals surface area contributed by atoms with E-state index in [0.717, 1.165) is 54.4 Å². The first-order valence-electron chi connectivity index (χ1n) is 26.8. The van der Waals surface area contributed by atoms with Gasteiger partial charge in [0.25, 0.3) is 0 Å². The van der Waals surface area contributed by atoms with Crippen LogP contribution in [0.25, 0.3) is 24.3 Å². The number of carbonyl (C=O) groups excluding carboxylic acids is 5. The highest BCUT2D eigenvalue weighted by molar-refractivity contribution is 5.90. The number of carbonyl (C=O) groups is 5. The van der Waals surface area contributed by atoms with Crippen molar-refractivity contribution in [2.24, 2.45) is 39.4 Å². The van der Waals surface area contributed by atoms with E-state index in [0.29, 0.717) is 18.6 Å². The average Bonchev–Trinajstić information content (AvgIpc) is 3.74. The molecular formula is C66H74O9. The number of ketones is 1. The molecule has 0 amide bonds. The molecule has 9 heteroatoms. The quantitative estimate of drug-likeness (QED) is 0.0440. The Hall–Kier alpha value is -6.87. The zero-order valence-corrected chi connectivity index (χ0v) is 45.0. The van der Waals surface area contributed by atoms with E-state index in [4.69, 9.17) is 18.9 Å². The lowest BCUT2D eigenvalue weighted by Gasteiger charge is -2.69. The van der Waals surface area contributed by atoms with Crippen molar-refractivity contribution >= 4 is 54.0 Å². The number of benzene rings is 4. The third kappa shape index (κ3) is 11.8. The Morgan fingerprint density at radius 1 is 0.613 bits per heavy atom. The summed E-state index contributed by atoms with van der Waals surface area (Å²) in [5.74, 6) is -2.27. The number of hydrogen-bond donors (Lipinski definition) is 0. The van der Waals surface area contributed by atoms with Crippen LogP contribution < -0.4 is 0 Å². The minimum atomic E-state index is -1.52. The van der Waals surface area contributed by atoms with E-state index in [1.165, 1.54) is 35.5 Å². The van der Waals surface area contributed by atoms with Gasteiger partial charge in [-0.05, 0) is 127 Å². The molecule has 0 radical (unpaired) electrons. The van der Waals surface area contributed by atoms with E-state index >= 15 is 0 Å². The molecule has 3 fully saturated rings. The number of esters is 4. The van der Waals surface area contributed by atoms with Crippen LogP contribution in [0.2, 0.25) is 0 Å². The van der Waals surface area contributed by atoms with E-state index in [-0.39, 0.29) is 40.4 Å². The van der Waals surface area contributed by atoms with Crippen LogP contribution in [-0.2, 0) is 42.9 Å². The molecule has 392 valence electrons. The molecule has 0 spiro atoms. The molecule has 4 aromatic carbocycles. The van der Waals surface area contributed by atoms with E-state index < -0.39 is 53.2 Å². The Labute approximate surface area is 444 Å². The van der Waals surface area contributed by atoms with Gasteiger partial charge in [0.05, 0.1) is 0 Å². The first kappa shape index (κ1) is 54.4. The molecule has 0 saturated heterocycles. The van der Waals surface area contributed by atoms with Crippen molar-refractivity contribution in [1.82, 2.24) is 0 Å². The minimum absolute atomic E-state index is 0.0297. The molecule has 0 aliphatic heterocycles. The average molecular weight is 1010 g/mol. The predicted octanol–water partition coefficient (Wildman–Crippen LogP) is 13.9. The molecule has 4 aliphatic carbocycles. The lowest BCUT2D eigenvalue weighted by Crippen LogP contribution is -2.66. The van der Waals surface area contributed by atoms with Crippen LogP contribution in [0.4, 0.5) is 0 Å². The summed E-state index contributed by atoms with van der Waals surface area (Å²) in [5, 5.41) is 0. The van der Waals surface area contributed by atoms with E-state index in [9.17, 15) is 24.0 Å². The molecule has 9 atom stereocenters. The third-order valence-electron chi connectivity index (χ3n) is 17.8. The summed E-state index contributed by atoms with van der Waals surface area (Å²) >= 11 is 0. The lowest BCUT2D eigenvalue weighted by molar-refractivity contribution is -0.216. The van der Waals surface area contributed by atoms with Crippen LogP contribution in [0.3, 0.4) is 0 Å². The number of hydrogen-bond acceptors (Lipinski definition) is 9. The van der Waals surface area contributed by atoms with Gasteiger partial charge in [0, 0.05) is 48.5 Å². The van der Waals surface area contributed by atoms with Crippen LogP contribution >= 0.6 is 0 Å². The van der Waals surface area contributed by atoms with Gasteiger partial charge >= 0.3 is 23.9 Å². The standard InChI is InChI=1S/C66H74O9/c1-45(50-37-41-65(7)51(50)44-52(72-56(68)33-29-46-21-13-9-14-22-46)60-64(6)40-39-55(67)62(2,3)54(64)38-42-66(60,65)8)43-53(73-57(69)34-30-47-23-15-10-16-24-47)61(74-58(70)35-31-48-25-17-11-18-26-48)63(4,5)75-59(71)36-32-49-27-19-12-20-28-49/h9-36,45,52-54,60-61H,37-44H2,1-8H3/b33-29+,34-30+,35-31+,36-32+/t45-,52+,53+,54+,60+,61-,64+,65+,66+/m1/s1. The largest absolute Gasteiger partial charge is 0.459 e. The molecule has 0 N–H and O–H groups in total. The first-order chi connectivity index (χ1) is 35.7. The highest BCUT2D eigenvalue weighted by Gasteiger charge is 2.70. The van der Waals surface area contributed by atoms with E-state index in [1.54, 1.807) is 38.2 Å². The Balaban J connectivity index is 1.18. The number of allylic oxidation sites excluding steroid dienone is 1. The number of rotatable bonds is 17. The highest BCUT2D eigenvalue weighted by atomic mass is 16.6. The Kier molecular flexibility index (Phi) is 16.3. The van der Waals surface area contributed by atoms with Gasteiger partial charge in [-0.25, -0.2) is 19.2 Å². The molecule has 0 bridgehead atoms. The van der Waals surface area contributed by atoms with Gasteiger partial charge in [-0.3, -0.25) is 4.79 Å². The highest BCUT2D eigenvalue weighted by Crippen LogP contribution is 2.74. The molecule has 4 aliphatic rings. The second-order valence-corrected chi connectivity index (χ2v) is 23.1.